The van der Waals surface area contributed by atoms with Gasteiger partial charge >= 0.3 is 0 Å². The smallest absolute Gasteiger partial charge is 0.240 e. The van der Waals surface area contributed by atoms with E-state index in [1.54, 1.807) is 37.4 Å². The Balaban J connectivity index is 1.33. The highest BCUT2D eigenvalue weighted by Gasteiger charge is 2.19. The number of aromatic hydroxyl groups is 1. The number of aromatic nitrogens is 4. The van der Waals surface area contributed by atoms with Crippen molar-refractivity contribution in [1.29, 1.82) is 0 Å². The van der Waals surface area contributed by atoms with Crippen molar-refractivity contribution in [2.24, 2.45) is 0 Å². The lowest BCUT2D eigenvalue weighted by molar-refractivity contribution is 0.469. The standard InChI is InChI=1S/C24H21FN6O3S2/c1-15-2-7-18(14-20(15)32)36(33,34)28-11-10-27-23-26-9-8-19(29-23)22-21(16-3-5-17(25)6-4-16)30-24-31(22)12-13-35-24/h2-9,12-14,28,32H,10-11H2,1H3,(H,26,27,29). The van der Waals surface area contributed by atoms with Crippen molar-refractivity contribution in [3.05, 3.63) is 77.7 Å². The van der Waals surface area contributed by atoms with Crippen LogP contribution in [0.3, 0.4) is 0 Å². The van der Waals surface area contributed by atoms with Crippen molar-refractivity contribution < 1.29 is 17.9 Å². The molecule has 0 radical (unpaired) electrons. The van der Waals surface area contributed by atoms with Crippen LogP contribution < -0.4 is 10.0 Å². The number of rotatable bonds is 8. The molecule has 0 amide bonds. The van der Waals surface area contributed by atoms with E-state index in [0.29, 0.717) is 22.9 Å². The molecule has 9 nitrogen and oxygen atoms in total. The minimum atomic E-state index is -3.78. The second kappa shape index (κ2) is 9.64. The van der Waals surface area contributed by atoms with Gasteiger partial charge < -0.3 is 10.4 Å². The van der Waals surface area contributed by atoms with E-state index in [0.717, 1.165) is 16.2 Å². The summed E-state index contributed by atoms with van der Waals surface area (Å²) in [4.78, 5) is 14.3. The van der Waals surface area contributed by atoms with E-state index in [4.69, 9.17) is 4.98 Å². The minimum Gasteiger partial charge on any atom is -0.508 e. The first kappa shape index (κ1) is 23.9. The molecule has 0 aliphatic rings. The number of imidazole rings is 1. The lowest BCUT2D eigenvalue weighted by Crippen LogP contribution is -2.29. The molecule has 3 aromatic heterocycles. The summed E-state index contributed by atoms with van der Waals surface area (Å²) >= 11 is 1.48. The molecule has 0 aliphatic carbocycles. The quantitative estimate of drug-likeness (QED) is 0.262. The minimum absolute atomic E-state index is 0.0160. The van der Waals surface area contributed by atoms with Gasteiger partial charge in [0.1, 0.15) is 17.3 Å². The Hall–Kier alpha value is -3.87. The second-order valence-electron chi connectivity index (χ2n) is 7.91. The Morgan fingerprint density at radius 2 is 1.89 bits per heavy atom. The van der Waals surface area contributed by atoms with Crippen molar-refractivity contribution in [3.8, 4) is 28.4 Å². The van der Waals surface area contributed by atoms with Crippen molar-refractivity contribution in [1.82, 2.24) is 24.1 Å². The molecule has 0 spiro atoms. The number of benzene rings is 2. The fraction of sp³-hybridized carbons (Fsp3) is 0.125. The molecule has 12 heteroatoms. The highest BCUT2D eigenvalue weighted by molar-refractivity contribution is 7.89. The summed E-state index contributed by atoms with van der Waals surface area (Å²) in [6.45, 7) is 1.99. The predicted octanol–water partition coefficient (Wildman–Crippen LogP) is 4.06. The lowest BCUT2D eigenvalue weighted by Gasteiger charge is -2.10. The number of hydrogen-bond donors (Lipinski definition) is 3. The van der Waals surface area contributed by atoms with Crippen LogP contribution in [0.25, 0.3) is 27.6 Å². The zero-order chi connectivity index (χ0) is 25.3. The lowest BCUT2D eigenvalue weighted by atomic mass is 10.1. The summed E-state index contributed by atoms with van der Waals surface area (Å²) in [6, 6.07) is 12.1. The molecule has 2 aromatic carbocycles. The summed E-state index contributed by atoms with van der Waals surface area (Å²) in [5, 5.41) is 14.7. The van der Waals surface area contributed by atoms with Crippen LogP contribution in [0.2, 0.25) is 0 Å². The summed E-state index contributed by atoms with van der Waals surface area (Å²) < 4.78 is 42.9. The number of aryl methyl sites for hydroxylation is 1. The van der Waals surface area contributed by atoms with Crippen LogP contribution in [0.1, 0.15) is 5.56 Å². The number of phenols is 1. The van der Waals surface area contributed by atoms with E-state index in [1.807, 2.05) is 16.0 Å². The zero-order valence-corrected chi connectivity index (χ0v) is 20.6. The molecule has 184 valence electrons. The van der Waals surface area contributed by atoms with Crippen LogP contribution >= 0.6 is 11.3 Å². The topological polar surface area (TPSA) is 122 Å². The van der Waals surface area contributed by atoms with Gasteiger partial charge in [-0.15, -0.1) is 11.3 Å². The molecule has 0 aliphatic heterocycles. The first-order chi connectivity index (χ1) is 17.3. The van der Waals surface area contributed by atoms with Gasteiger partial charge in [0.05, 0.1) is 16.3 Å². The number of hydrogen-bond acceptors (Lipinski definition) is 8. The van der Waals surface area contributed by atoms with Crippen LogP contribution in [0.5, 0.6) is 5.75 Å². The van der Waals surface area contributed by atoms with Crippen molar-refractivity contribution in [2.45, 2.75) is 11.8 Å². The van der Waals surface area contributed by atoms with E-state index >= 15 is 0 Å². The van der Waals surface area contributed by atoms with Crippen LogP contribution in [0, 0.1) is 12.7 Å². The van der Waals surface area contributed by atoms with Gasteiger partial charge in [-0.1, -0.05) is 6.07 Å². The third-order valence-corrected chi connectivity index (χ3v) is 7.68. The Labute approximate surface area is 210 Å². The predicted molar refractivity (Wildman–Crippen MR) is 136 cm³/mol. The van der Waals surface area contributed by atoms with Crippen molar-refractivity contribution in [2.75, 3.05) is 18.4 Å². The summed E-state index contributed by atoms with van der Waals surface area (Å²) in [7, 11) is -3.78. The van der Waals surface area contributed by atoms with Crippen LogP contribution in [0.4, 0.5) is 10.3 Å². The summed E-state index contributed by atoms with van der Waals surface area (Å²) in [6.07, 6.45) is 3.49. The Kier molecular flexibility index (Phi) is 6.39. The number of halogens is 1. The number of phenolic OH excluding ortho intramolecular Hbond substituents is 1. The van der Waals surface area contributed by atoms with Crippen LogP contribution in [-0.4, -0.2) is 46.0 Å². The van der Waals surface area contributed by atoms with Gasteiger partial charge in [-0.2, -0.15) is 0 Å². The number of nitrogens with zero attached hydrogens (tertiary/aromatic N) is 4. The largest absolute Gasteiger partial charge is 0.508 e. The number of fused-ring (bicyclic) bond motifs is 1. The third-order valence-electron chi connectivity index (χ3n) is 5.47. The van der Waals surface area contributed by atoms with Crippen LogP contribution in [-0.2, 0) is 10.0 Å². The Morgan fingerprint density at radius 1 is 1.08 bits per heavy atom. The average Bonchev–Trinajstić information content (AvgIpc) is 3.46. The molecule has 0 bridgehead atoms. The summed E-state index contributed by atoms with van der Waals surface area (Å²) in [5.41, 5.74) is 3.36. The maximum atomic E-state index is 13.5. The van der Waals surface area contributed by atoms with Gasteiger partial charge in [0, 0.05) is 42.5 Å². The van der Waals surface area contributed by atoms with Gasteiger partial charge in [-0.25, -0.2) is 32.5 Å². The molecule has 0 saturated heterocycles. The molecule has 0 saturated carbocycles. The van der Waals surface area contributed by atoms with Gasteiger partial charge in [0.2, 0.25) is 16.0 Å². The first-order valence-electron chi connectivity index (χ1n) is 10.9. The fourth-order valence-electron chi connectivity index (χ4n) is 3.61. The molecule has 5 aromatic rings. The maximum absolute atomic E-state index is 13.5. The number of thiazole rings is 1. The number of sulfonamides is 1. The van der Waals surface area contributed by atoms with Gasteiger partial charge in [-0.3, -0.25) is 4.40 Å². The average molecular weight is 525 g/mol. The van der Waals surface area contributed by atoms with Crippen molar-refractivity contribution in [3.63, 3.8) is 0 Å². The van der Waals surface area contributed by atoms with E-state index in [2.05, 4.69) is 20.0 Å². The molecular weight excluding hydrogens is 503 g/mol. The highest BCUT2D eigenvalue weighted by Crippen LogP contribution is 2.33. The fourth-order valence-corrected chi connectivity index (χ4v) is 5.38. The van der Waals surface area contributed by atoms with E-state index in [1.165, 1.54) is 35.6 Å². The zero-order valence-electron chi connectivity index (χ0n) is 19.0. The molecular formula is C24H21FN6O3S2. The van der Waals surface area contributed by atoms with Gasteiger partial charge in [0.25, 0.3) is 0 Å². The maximum Gasteiger partial charge on any atom is 0.240 e. The number of anilines is 1. The Bertz CT molecular complexity index is 1650. The van der Waals surface area contributed by atoms with Crippen molar-refractivity contribution >= 4 is 32.3 Å². The summed E-state index contributed by atoms with van der Waals surface area (Å²) in [5.74, 6) is -0.0969. The molecule has 0 atom stereocenters. The first-order valence-corrected chi connectivity index (χ1v) is 13.3. The van der Waals surface area contributed by atoms with E-state index in [9.17, 15) is 17.9 Å². The van der Waals surface area contributed by atoms with Gasteiger partial charge in [-0.05, 0) is 48.9 Å². The molecule has 0 unspecified atom stereocenters. The monoisotopic (exact) mass is 524 g/mol. The molecule has 3 heterocycles. The normalized spacial score (nSPS) is 11.7. The van der Waals surface area contributed by atoms with Gasteiger partial charge in [0.15, 0.2) is 4.96 Å². The Morgan fingerprint density at radius 3 is 2.67 bits per heavy atom. The van der Waals surface area contributed by atoms with E-state index < -0.39 is 10.0 Å². The number of nitrogens with one attached hydrogen (secondary N) is 2. The molecule has 36 heavy (non-hydrogen) atoms. The second-order valence-corrected chi connectivity index (χ2v) is 10.5. The third kappa shape index (κ3) is 4.78. The highest BCUT2D eigenvalue weighted by atomic mass is 32.2. The van der Waals surface area contributed by atoms with Crippen LogP contribution in [0.15, 0.2) is 71.2 Å². The molecule has 5 rings (SSSR count). The SMILES string of the molecule is Cc1ccc(S(=O)(=O)NCCNc2nccc(-c3c(-c4ccc(F)cc4)nc4sccn34)n2)cc1O. The molecule has 3 N–H and O–H groups in total. The molecule has 0 fully saturated rings. The van der Waals surface area contributed by atoms with E-state index in [-0.39, 0.29) is 29.6 Å².